The average molecular weight is 287 g/mol. The first-order valence-corrected chi connectivity index (χ1v) is 6.84. The van der Waals surface area contributed by atoms with E-state index in [1.807, 2.05) is 18.9 Å². The zero-order chi connectivity index (χ0) is 14.9. The lowest BCUT2D eigenvalue weighted by molar-refractivity contribution is -0.137. The first kappa shape index (κ1) is 15.3. The maximum absolute atomic E-state index is 12.5. The Labute approximate surface area is 117 Å². The van der Waals surface area contributed by atoms with Gasteiger partial charge in [-0.25, -0.2) is 0 Å². The van der Waals surface area contributed by atoms with Crippen molar-refractivity contribution < 1.29 is 18.3 Å². The Morgan fingerprint density at radius 3 is 2.25 bits per heavy atom. The molecule has 1 fully saturated rings. The minimum atomic E-state index is -4.30. The Morgan fingerprint density at radius 2 is 1.80 bits per heavy atom. The van der Waals surface area contributed by atoms with Crippen molar-refractivity contribution in [2.75, 3.05) is 13.6 Å². The van der Waals surface area contributed by atoms with Crippen LogP contribution in [0.2, 0.25) is 0 Å². The van der Waals surface area contributed by atoms with Crippen molar-refractivity contribution in [2.45, 2.75) is 38.1 Å². The molecule has 1 aromatic rings. The van der Waals surface area contributed by atoms with Gasteiger partial charge in [0.15, 0.2) is 0 Å². The van der Waals surface area contributed by atoms with Crippen LogP contribution >= 0.6 is 0 Å². The quantitative estimate of drug-likeness (QED) is 0.896. The largest absolute Gasteiger partial charge is 0.416 e. The number of alkyl halides is 3. The number of hydrogen-bond acceptors (Lipinski definition) is 2. The van der Waals surface area contributed by atoms with Crippen LogP contribution in [-0.4, -0.2) is 29.7 Å². The Balaban J connectivity index is 1.98. The first-order valence-electron chi connectivity index (χ1n) is 6.84. The standard InChI is InChI=1S/C15H20F3NO/c1-10(19(2)9-14(20)12-3-4-12)11-5-7-13(8-6-11)15(16,17)18/h5-8,10,12,14,20H,3-4,9H2,1-2H3. The highest BCUT2D eigenvalue weighted by Crippen LogP contribution is 2.34. The predicted molar refractivity (Wildman–Crippen MR) is 71.2 cm³/mol. The molecule has 0 spiro atoms. The van der Waals surface area contributed by atoms with E-state index >= 15 is 0 Å². The summed E-state index contributed by atoms with van der Waals surface area (Å²) >= 11 is 0. The maximum atomic E-state index is 12.5. The molecule has 112 valence electrons. The van der Waals surface area contributed by atoms with E-state index in [1.54, 1.807) is 0 Å². The summed E-state index contributed by atoms with van der Waals surface area (Å²) in [5.41, 5.74) is 0.192. The molecule has 0 bridgehead atoms. The average Bonchev–Trinajstić information content (AvgIpc) is 3.21. The van der Waals surface area contributed by atoms with Crippen molar-refractivity contribution in [1.82, 2.24) is 4.90 Å². The zero-order valence-electron chi connectivity index (χ0n) is 11.7. The number of benzene rings is 1. The molecule has 0 aliphatic heterocycles. The molecular formula is C15H20F3NO. The van der Waals surface area contributed by atoms with E-state index in [4.69, 9.17) is 0 Å². The van der Waals surface area contributed by atoms with E-state index in [2.05, 4.69) is 0 Å². The lowest BCUT2D eigenvalue weighted by Gasteiger charge is -2.27. The van der Waals surface area contributed by atoms with Crippen LogP contribution in [0.25, 0.3) is 0 Å². The molecule has 2 unspecified atom stereocenters. The number of aliphatic hydroxyl groups excluding tert-OH is 1. The summed E-state index contributed by atoms with van der Waals surface area (Å²) in [6.45, 7) is 2.48. The summed E-state index contributed by atoms with van der Waals surface area (Å²) in [7, 11) is 1.88. The molecule has 0 radical (unpaired) electrons. The van der Waals surface area contributed by atoms with Gasteiger partial charge in [0.25, 0.3) is 0 Å². The van der Waals surface area contributed by atoms with Crippen molar-refractivity contribution in [3.63, 3.8) is 0 Å². The number of aliphatic hydroxyl groups is 1. The third kappa shape index (κ3) is 3.73. The maximum Gasteiger partial charge on any atom is 0.416 e. The summed E-state index contributed by atoms with van der Waals surface area (Å²) in [5, 5.41) is 9.92. The molecule has 0 heterocycles. The third-order valence-electron chi connectivity index (χ3n) is 4.02. The molecular weight excluding hydrogens is 267 g/mol. The second kappa shape index (κ2) is 5.74. The highest BCUT2D eigenvalue weighted by molar-refractivity contribution is 5.26. The summed E-state index contributed by atoms with van der Waals surface area (Å²) in [6, 6.07) is 5.21. The van der Waals surface area contributed by atoms with Gasteiger partial charge < -0.3 is 5.11 Å². The van der Waals surface area contributed by atoms with Crippen LogP contribution in [-0.2, 0) is 6.18 Å². The van der Waals surface area contributed by atoms with E-state index in [0.29, 0.717) is 12.5 Å². The van der Waals surface area contributed by atoms with Crippen LogP contribution in [0.4, 0.5) is 13.2 Å². The molecule has 0 saturated heterocycles. The van der Waals surface area contributed by atoms with Crippen LogP contribution in [0.1, 0.15) is 36.9 Å². The fraction of sp³-hybridized carbons (Fsp3) is 0.600. The minimum absolute atomic E-state index is 0.0225. The Kier molecular flexibility index (Phi) is 4.39. The van der Waals surface area contributed by atoms with E-state index in [9.17, 15) is 18.3 Å². The van der Waals surface area contributed by atoms with Gasteiger partial charge in [0.05, 0.1) is 11.7 Å². The fourth-order valence-corrected chi connectivity index (χ4v) is 2.29. The van der Waals surface area contributed by atoms with E-state index in [0.717, 1.165) is 30.5 Å². The zero-order valence-corrected chi connectivity index (χ0v) is 11.7. The summed E-state index contributed by atoms with van der Waals surface area (Å²) in [5.74, 6) is 0.400. The monoisotopic (exact) mass is 287 g/mol. The number of halogens is 3. The van der Waals surface area contributed by atoms with Gasteiger partial charge >= 0.3 is 6.18 Å². The summed E-state index contributed by atoms with van der Waals surface area (Å²) < 4.78 is 37.5. The number of rotatable bonds is 5. The smallest absolute Gasteiger partial charge is 0.392 e. The van der Waals surface area contributed by atoms with Crippen LogP contribution in [0.15, 0.2) is 24.3 Å². The molecule has 2 nitrogen and oxygen atoms in total. The Morgan fingerprint density at radius 1 is 1.25 bits per heavy atom. The Bertz CT molecular complexity index is 439. The molecule has 20 heavy (non-hydrogen) atoms. The molecule has 1 saturated carbocycles. The topological polar surface area (TPSA) is 23.5 Å². The van der Waals surface area contributed by atoms with Gasteiger partial charge in [-0.3, -0.25) is 4.90 Å². The van der Waals surface area contributed by atoms with Gasteiger partial charge in [-0.05, 0) is 50.4 Å². The lowest BCUT2D eigenvalue weighted by atomic mass is 10.0. The molecule has 5 heteroatoms. The van der Waals surface area contributed by atoms with Gasteiger partial charge in [-0.2, -0.15) is 13.2 Å². The molecule has 1 aromatic carbocycles. The Hall–Kier alpha value is -1.07. The highest BCUT2D eigenvalue weighted by Gasteiger charge is 2.32. The van der Waals surface area contributed by atoms with Gasteiger partial charge in [-0.15, -0.1) is 0 Å². The predicted octanol–water partition coefficient (Wildman–Crippen LogP) is 3.47. The van der Waals surface area contributed by atoms with Crippen molar-refractivity contribution >= 4 is 0 Å². The third-order valence-corrected chi connectivity index (χ3v) is 4.02. The van der Waals surface area contributed by atoms with Gasteiger partial charge in [0, 0.05) is 12.6 Å². The van der Waals surface area contributed by atoms with E-state index < -0.39 is 11.7 Å². The number of nitrogens with zero attached hydrogens (tertiary/aromatic N) is 1. The van der Waals surface area contributed by atoms with Gasteiger partial charge in [-0.1, -0.05) is 12.1 Å². The van der Waals surface area contributed by atoms with Crippen molar-refractivity contribution in [2.24, 2.45) is 5.92 Å². The first-order chi connectivity index (χ1) is 9.29. The number of likely N-dealkylation sites (N-methyl/N-ethyl adjacent to an activating group) is 1. The van der Waals surface area contributed by atoms with Crippen molar-refractivity contribution in [1.29, 1.82) is 0 Å². The van der Waals surface area contributed by atoms with Crippen LogP contribution in [0.5, 0.6) is 0 Å². The van der Waals surface area contributed by atoms with Crippen molar-refractivity contribution in [3.8, 4) is 0 Å². The van der Waals surface area contributed by atoms with E-state index in [-0.39, 0.29) is 12.1 Å². The highest BCUT2D eigenvalue weighted by atomic mass is 19.4. The molecule has 2 rings (SSSR count). The second-order valence-corrected chi connectivity index (χ2v) is 5.64. The molecule has 0 amide bonds. The molecule has 1 aliphatic rings. The van der Waals surface area contributed by atoms with Crippen LogP contribution in [0.3, 0.4) is 0 Å². The fourth-order valence-electron chi connectivity index (χ4n) is 2.29. The molecule has 1 aliphatic carbocycles. The molecule has 1 N–H and O–H groups in total. The SMILES string of the molecule is CC(c1ccc(C(F)(F)F)cc1)N(C)CC(O)C1CC1. The minimum Gasteiger partial charge on any atom is -0.392 e. The van der Waals surface area contributed by atoms with E-state index in [1.165, 1.54) is 12.1 Å². The summed E-state index contributed by atoms with van der Waals surface area (Å²) in [4.78, 5) is 1.98. The molecule has 0 aromatic heterocycles. The lowest BCUT2D eigenvalue weighted by Crippen LogP contribution is -2.32. The summed E-state index contributed by atoms with van der Waals surface area (Å²) in [6.07, 6.45) is -2.49. The normalized spacial score (nSPS) is 19.1. The van der Waals surface area contributed by atoms with Crippen molar-refractivity contribution in [3.05, 3.63) is 35.4 Å². The van der Waals surface area contributed by atoms with Gasteiger partial charge in [0.1, 0.15) is 0 Å². The van der Waals surface area contributed by atoms with Gasteiger partial charge in [0.2, 0.25) is 0 Å². The second-order valence-electron chi connectivity index (χ2n) is 5.64. The van der Waals surface area contributed by atoms with Crippen LogP contribution < -0.4 is 0 Å². The number of hydrogen-bond donors (Lipinski definition) is 1. The molecule has 2 atom stereocenters. The van der Waals surface area contributed by atoms with Crippen LogP contribution in [0, 0.1) is 5.92 Å².